The Bertz CT molecular complexity index is 347. The molecule has 1 heterocycles. The second-order valence-corrected chi connectivity index (χ2v) is 5.98. The largest absolute Gasteiger partial charge is 0.484 e. The Labute approximate surface area is 113 Å². The minimum atomic E-state index is -0.446. The van der Waals surface area contributed by atoms with Crippen molar-refractivity contribution in [2.24, 2.45) is 11.7 Å². The molecule has 3 N–H and O–H groups in total. The van der Waals surface area contributed by atoms with Gasteiger partial charge >= 0.3 is 0 Å². The minimum Gasteiger partial charge on any atom is -0.484 e. The van der Waals surface area contributed by atoms with Crippen LogP contribution in [0.4, 0.5) is 0 Å². The number of hydrogen-bond donors (Lipinski definition) is 2. The predicted octanol–water partition coefficient (Wildman–Crippen LogP) is 3.09. The van der Waals surface area contributed by atoms with Crippen molar-refractivity contribution in [1.29, 1.82) is 0 Å². The summed E-state index contributed by atoms with van der Waals surface area (Å²) in [5.74, 6) is 0.721. The van der Waals surface area contributed by atoms with Crippen LogP contribution in [0.3, 0.4) is 0 Å². The van der Waals surface area contributed by atoms with E-state index >= 15 is 0 Å². The van der Waals surface area contributed by atoms with E-state index < -0.39 is 6.10 Å². The van der Waals surface area contributed by atoms with Crippen LogP contribution in [0.25, 0.3) is 0 Å². The summed E-state index contributed by atoms with van der Waals surface area (Å²) in [4.78, 5) is 0. The molecule has 1 saturated carbocycles. The third-order valence-electron chi connectivity index (χ3n) is 3.61. The first-order valence-corrected chi connectivity index (χ1v) is 7.77. The highest BCUT2D eigenvalue weighted by Crippen LogP contribution is 2.30. The van der Waals surface area contributed by atoms with Crippen molar-refractivity contribution in [3.63, 3.8) is 0 Å². The summed E-state index contributed by atoms with van der Waals surface area (Å²) in [6, 6.07) is 1.95. The maximum Gasteiger partial charge on any atom is 0.174 e. The zero-order valence-corrected chi connectivity index (χ0v) is 11.6. The van der Waals surface area contributed by atoms with Gasteiger partial charge in [-0.2, -0.15) is 0 Å². The van der Waals surface area contributed by atoms with Gasteiger partial charge in [0.1, 0.15) is 0 Å². The van der Waals surface area contributed by atoms with Gasteiger partial charge in [-0.3, -0.25) is 0 Å². The topological polar surface area (TPSA) is 55.5 Å². The Kier molecular flexibility index (Phi) is 5.47. The van der Waals surface area contributed by atoms with Crippen molar-refractivity contribution in [3.8, 4) is 5.06 Å². The van der Waals surface area contributed by atoms with Crippen LogP contribution in [0.1, 0.15) is 50.2 Å². The molecule has 18 heavy (non-hydrogen) atoms. The van der Waals surface area contributed by atoms with Crippen molar-refractivity contribution >= 4 is 11.3 Å². The first-order valence-electron chi connectivity index (χ1n) is 6.89. The summed E-state index contributed by atoms with van der Waals surface area (Å²) in [6.45, 7) is 1.34. The van der Waals surface area contributed by atoms with Crippen molar-refractivity contribution in [1.82, 2.24) is 0 Å². The van der Waals surface area contributed by atoms with E-state index in [1.807, 2.05) is 11.4 Å². The molecule has 1 aromatic heterocycles. The minimum absolute atomic E-state index is 0.446. The number of aliphatic hydroxyl groups is 1. The van der Waals surface area contributed by atoms with Crippen LogP contribution in [-0.4, -0.2) is 18.3 Å². The third-order valence-corrected chi connectivity index (χ3v) is 4.46. The first kappa shape index (κ1) is 13.8. The molecule has 0 saturated heterocycles. The zero-order valence-electron chi connectivity index (χ0n) is 10.8. The molecule has 1 atom stereocenters. The fourth-order valence-corrected chi connectivity index (χ4v) is 3.28. The predicted molar refractivity (Wildman–Crippen MR) is 75.0 cm³/mol. The maximum absolute atomic E-state index is 9.82. The van der Waals surface area contributed by atoms with Gasteiger partial charge in [0, 0.05) is 5.38 Å². The SMILES string of the molecule is NCCC(O)c1csc(OCC2CCCCC2)c1. The van der Waals surface area contributed by atoms with Crippen LogP contribution in [0, 0.1) is 5.92 Å². The third kappa shape index (κ3) is 3.97. The van der Waals surface area contributed by atoms with Crippen LogP contribution in [-0.2, 0) is 0 Å². The molecule has 0 aliphatic heterocycles. The molecular formula is C14H23NO2S. The molecule has 1 aromatic rings. The second kappa shape index (κ2) is 7.12. The highest BCUT2D eigenvalue weighted by molar-refractivity contribution is 7.12. The van der Waals surface area contributed by atoms with Crippen molar-refractivity contribution in [2.75, 3.05) is 13.2 Å². The van der Waals surface area contributed by atoms with Gasteiger partial charge < -0.3 is 15.6 Å². The summed E-state index contributed by atoms with van der Waals surface area (Å²) in [6.07, 6.45) is 6.84. The van der Waals surface area contributed by atoms with Crippen LogP contribution in [0.2, 0.25) is 0 Å². The normalized spacial score (nSPS) is 18.8. The number of hydrogen-bond acceptors (Lipinski definition) is 4. The number of rotatable bonds is 6. The van der Waals surface area contributed by atoms with E-state index in [0.29, 0.717) is 13.0 Å². The smallest absolute Gasteiger partial charge is 0.174 e. The summed E-state index contributed by atoms with van der Waals surface area (Å²) in [5, 5.41) is 12.7. The molecule has 1 fully saturated rings. The standard InChI is InChI=1S/C14H23NO2S/c15-7-6-13(16)12-8-14(18-10-12)17-9-11-4-2-1-3-5-11/h8,10-11,13,16H,1-7,9,15H2. The molecule has 1 aliphatic carbocycles. The van der Waals surface area contributed by atoms with Crippen LogP contribution < -0.4 is 10.5 Å². The monoisotopic (exact) mass is 269 g/mol. The molecule has 0 spiro atoms. The molecule has 0 bridgehead atoms. The summed E-state index contributed by atoms with van der Waals surface area (Å²) in [5.41, 5.74) is 6.38. The lowest BCUT2D eigenvalue weighted by Gasteiger charge is -2.21. The molecule has 0 amide bonds. The average molecular weight is 269 g/mol. The fourth-order valence-electron chi connectivity index (χ4n) is 2.46. The second-order valence-electron chi connectivity index (χ2n) is 5.11. The van der Waals surface area contributed by atoms with Crippen LogP contribution >= 0.6 is 11.3 Å². The summed E-state index contributed by atoms with van der Waals surface area (Å²) >= 11 is 1.57. The van der Waals surface area contributed by atoms with E-state index in [1.54, 1.807) is 11.3 Å². The molecular weight excluding hydrogens is 246 g/mol. The lowest BCUT2D eigenvalue weighted by Crippen LogP contribution is -2.14. The molecule has 3 nitrogen and oxygen atoms in total. The van der Waals surface area contributed by atoms with E-state index in [-0.39, 0.29) is 0 Å². The Morgan fingerprint density at radius 1 is 1.39 bits per heavy atom. The molecule has 0 radical (unpaired) electrons. The summed E-state index contributed by atoms with van der Waals surface area (Å²) < 4.78 is 5.83. The Balaban J connectivity index is 1.79. The zero-order chi connectivity index (χ0) is 12.8. The fraction of sp³-hybridized carbons (Fsp3) is 0.714. The van der Waals surface area contributed by atoms with Gasteiger partial charge in [0.05, 0.1) is 12.7 Å². The van der Waals surface area contributed by atoms with Crippen LogP contribution in [0.5, 0.6) is 5.06 Å². The first-order chi connectivity index (χ1) is 8.79. The molecule has 4 heteroatoms. The number of thiophene rings is 1. The number of ether oxygens (including phenoxy) is 1. The van der Waals surface area contributed by atoms with E-state index in [4.69, 9.17) is 10.5 Å². The number of nitrogens with two attached hydrogens (primary N) is 1. The van der Waals surface area contributed by atoms with E-state index in [1.165, 1.54) is 32.1 Å². The Morgan fingerprint density at radius 2 is 2.17 bits per heavy atom. The van der Waals surface area contributed by atoms with Gasteiger partial charge in [-0.1, -0.05) is 19.3 Å². The highest BCUT2D eigenvalue weighted by atomic mass is 32.1. The van der Waals surface area contributed by atoms with Crippen LogP contribution in [0.15, 0.2) is 11.4 Å². The average Bonchev–Trinajstić information content (AvgIpc) is 2.87. The van der Waals surface area contributed by atoms with Gasteiger partial charge in [-0.05, 0) is 43.4 Å². The van der Waals surface area contributed by atoms with E-state index in [0.717, 1.165) is 23.2 Å². The Morgan fingerprint density at radius 3 is 2.89 bits per heavy atom. The highest BCUT2D eigenvalue weighted by Gasteiger charge is 2.15. The van der Waals surface area contributed by atoms with Gasteiger partial charge in [0.2, 0.25) is 0 Å². The summed E-state index contributed by atoms with van der Waals surface area (Å²) in [7, 11) is 0. The van der Waals surface area contributed by atoms with Crippen molar-refractivity contribution < 1.29 is 9.84 Å². The van der Waals surface area contributed by atoms with Gasteiger partial charge in [0.15, 0.2) is 5.06 Å². The molecule has 1 unspecified atom stereocenters. The lowest BCUT2D eigenvalue weighted by molar-refractivity contribution is 0.170. The van der Waals surface area contributed by atoms with E-state index in [2.05, 4.69) is 0 Å². The number of aliphatic hydroxyl groups excluding tert-OH is 1. The lowest BCUT2D eigenvalue weighted by atomic mass is 9.90. The molecule has 1 aliphatic rings. The molecule has 102 valence electrons. The quantitative estimate of drug-likeness (QED) is 0.834. The van der Waals surface area contributed by atoms with Gasteiger partial charge in [-0.15, -0.1) is 11.3 Å². The Hall–Kier alpha value is -0.580. The molecule has 2 rings (SSSR count). The van der Waals surface area contributed by atoms with Crippen molar-refractivity contribution in [3.05, 3.63) is 17.0 Å². The van der Waals surface area contributed by atoms with Crippen molar-refractivity contribution in [2.45, 2.75) is 44.6 Å². The van der Waals surface area contributed by atoms with E-state index in [9.17, 15) is 5.11 Å². The van der Waals surface area contributed by atoms with Gasteiger partial charge in [-0.25, -0.2) is 0 Å². The maximum atomic E-state index is 9.82. The molecule has 0 aromatic carbocycles. The van der Waals surface area contributed by atoms with Gasteiger partial charge in [0.25, 0.3) is 0 Å².